The van der Waals surface area contributed by atoms with E-state index >= 15 is 0 Å². The molecule has 0 radical (unpaired) electrons. The quantitative estimate of drug-likeness (QED) is 0.744. The number of hydrogen-bond acceptors (Lipinski definition) is 3. The first-order valence-corrected chi connectivity index (χ1v) is 5.53. The summed E-state index contributed by atoms with van der Waals surface area (Å²) < 4.78 is 2.03. The van der Waals surface area contributed by atoms with Gasteiger partial charge in [0.15, 0.2) is 0 Å². The topological polar surface area (TPSA) is 50.1 Å². The first-order chi connectivity index (χ1) is 7.19. The average Bonchev–Trinajstić information content (AvgIpc) is 2.61. The molecular formula is C11H21N3O. The maximum absolute atomic E-state index is 8.85. The molecule has 0 fully saturated rings. The highest BCUT2D eigenvalue weighted by molar-refractivity contribution is 4.98. The lowest BCUT2D eigenvalue weighted by Gasteiger charge is -2.21. The Kier molecular flexibility index (Phi) is 4.78. The molecule has 4 heteroatoms. The third-order valence-corrected chi connectivity index (χ3v) is 2.63. The van der Waals surface area contributed by atoms with Crippen LogP contribution in [0.1, 0.15) is 38.6 Å². The second-order valence-corrected chi connectivity index (χ2v) is 3.94. The smallest absolute Gasteiger partial charge is 0.125 e. The molecule has 0 aliphatic heterocycles. The van der Waals surface area contributed by atoms with Gasteiger partial charge in [0.2, 0.25) is 0 Å². The minimum atomic E-state index is 0.227. The summed E-state index contributed by atoms with van der Waals surface area (Å²) in [5, 5.41) is 12.3. The van der Waals surface area contributed by atoms with Crippen LogP contribution in [0.25, 0.3) is 0 Å². The molecule has 1 rings (SSSR count). The lowest BCUT2D eigenvalue weighted by atomic mass is 10.1. The van der Waals surface area contributed by atoms with Gasteiger partial charge in [0.1, 0.15) is 5.82 Å². The van der Waals surface area contributed by atoms with Gasteiger partial charge in [0.25, 0.3) is 0 Å². The summed E-state index contributed by atoms with van der Waals surface area (Å²) in [6.07, 6.45) is 5.55. The molecule has 0 amide bonds. The summed E-state index contributed by atoms with van der Waals surface area (Å²) in [5.41, 5.74) is 0. The fourth-order valence-electron chi connectivity index (χ4n) is 1.71. The number of rotatable bonds is 6. The van der Waals surface area contributed by atoms with Crippen molar-refractivity contribution in [2.45, 2.75) is 38.8 Å². The number of aliphatic hydroxyl groups excluding tert-OH is 1. The fraction of sp³-hybridized carbons (Fsp3) is 0.727. The van der Waals surface area contributed by atoms with E-state index in [0.29, 0.717) is 6.04 Å². The summed E-state index contributed by atoms with van der Waals surface area (Å²) in [7, 11) is 2.00. The van der Waals surface area contributed by atoms with Crippen LogP contribution < -0.4 is 5.32 Å². The Labute approximate surface area is 91.3 Å². The molecule has 2 atom stereocenters. The lowest BCUT2D eigenvalue weighted by Crippen LogP contribution is -2.32. The van der Waals surface area contributed by atoms with Crippen molar-refractivity contribution in [2.75, 3.05) is 6.61 Å². The Morgan fingerprint density at radius 2 is 2.33 bits per heavy atom. The van der Waals surface area contributed by atoms with Crippen molar-refractivity contribution >= 4 is 0 Å². The highest BCUT2D eigenvalue weighted by atomic mass is 16.3. The van der Waals surface area contributed by atoms with Crippen LogP contribution >= 0.6 is 0 Å². The van der Waals surface area contributed by atoms with Gasteiger partial charge in [0, 0.05) is 32.1 Å². The van der Waals surface area contributed by atoms with Crippen molar-refractivity contribution < 1.29 is 5.11 Å². The van der Waals surface area contributed by atoms with Gasteiger partial charge < -0.3 is 15.0 Å². The Morgan fingerprint density at radius 3 is 2.80 bits per heavy atom. The number of imidazole rings is 1. The third kappa shape index (κ3) is 3.32. The van der Waals surface area contributed by atoms with E-state index in [9.17, 15) is 0 Å². The molecule has 1 heterocycles. The Balaban J connectivity index is 2.60. The highest BCUT2D eigenvalue weighted by Gasteiger charge is 2.15. The van der Waals surface area contributed by atoms with Crippen molar-refractivity contribution in [1.29, 1.82) is 0 Å². The molecule has 0 aromatic carbocycles. The van der Waals surface area contributed by atoms with Crippen molar-refractivity contribution in [3.05, 3.63) is 18.2 Å². The Morgan fingerprint density at radius 1 is 1.60 bits per heavy atom. The monoisotopic (exact) mass is 211 g/mol. The van der Waals surface area contributed by atoms with Crippen LogP contribution in [0.2, 0.25) is 0 Å². The van der Waals surface area contributed by atoms with Gasteiger partial charge in [-0.15, -0.1) is 0 Å². The zero-order chi connectivity index (χ0) is 11.3. The number of aryl methyl sites for hydroxylation is 1. The molecule has 2 unspecified atom stereocenters. The molecule has 1 aromatic heterocycles. The number of nitrogens with one attached hydrogen (secondary N) is 1. The van der Waals surface area contributed by atoms with E-state index in [4.69, 9.17) is 5.11 Å². The maximum atomic E-state index is 8.85. The van der Waals surface area contributed by atoms with Gasteiger partial charge in [-0.2, -0.15) is 0 Å². The SMILES string of the molecule is CCC(NC(C)CCO)c1nccn1C. The highest BCUT2D eigenvalue weighted by Crippen LogP contribution is 2.14. The minimum absolute atomic E-state index is 0.227. The van der Waals surface area contributed by atoms with Crippen LogP contribution in [0.5, 0.6) is 0 Å². The van der Waals surface area contributed by atoms with Crippen molar-refractivity contribution in [3.8, 4) is 0 Å². The van der Waals surface area contributed by atoms with Gasteiger partial charge >= 0.3 is 0 Å². The second-order valence-electron chi connectivity index (χ2n) is 3.94. The standard InChI is InChI=1S/C11H21N3O/c1-4-10(13-9(2)5-8-15)11-12-6-7-14(11)3/h6-7,9-10,13,15H,4-5,8H2,1-3H3. The van der Waals surface area contributed by atoms with Crippen LogP contribution in [0, 0.1) is 0 Å². The maximum Gasteiger partial charge on any atom is 0.125 e. The van der Waals surface area contributed by atoms with E-state index < -0.39 is 0 Å². The zero-order valence-electron chi connectivity index (χ0n) is 9.77. The normalized spacial score (nSPS) is 15.2. The summed E-state index contributed by atoms with van der Waals surface area (Å²) in [5.74, 6) is 1.06. The largest absolute Gasteiger partial charge is 0.396 e. The summed E-state index contributed by atoms with van der Waals surface area (Å²) in [6, 6.07) is 0.586. The van der Waals surface area contributed by atoms with Crippen LogP contribution in [0.4, 0.5) is 0 Å². The average molecular weight is 211 g/mol. The molecule has 15 heavy (non-hydrogen) atoms. The minimum Gasteiger partial charge on any atom is -0.396 e. The molecule has 0 saturated carbocycles. The number of aromatic nitrogens is 2. The van der Waals surface area contributed by atoms with Crippen LogP contribution in [-0.2, 0) is 7.05 Å². The molecule has 0 spiro atoms. The van der Waals surface area contributed by atoms with E-state index in [1.54, 1.807) is 0 Å². The summed E-state index contributed by atoms with van der Waals surface area (Å²) in [4.78, 5) is 4.34. The molecule has 86 valence electrons. The first kappa shape index (κ1) is 12.2. The molecule has 0 aliphatic carbocycles. The number of hydrogen-bond donors (Lipinski definition) is 2. The van der Waals surface area contributed by atoms with Crippen molar-refractivity contribution in [3.63, 3.8) is 0 Å². The third-order valence-electron chi connectivity index (χ3n) is 2.63. The van der Waals surface area contributed by atoms with E-state index in [2.05, 4.69) is 24.1 Å². The van der Waals surface area contributed by atoms with Crippen molar-refractivity contribution in [2.24, 2.45) is 7.05 Å². The second kappa shape index (κ2) is 5.88. The van der Waals surface area contributed by atoms with Crippen molar-refractivity contribution in [1.82, 2.24) is 14.9 Å². The first-order valence-electron chi connectivity index (χ1n) is 5.53. The number of aliphatic hydroxyl groups is 1. The Bertz CT molecular complexity index is 285. The molecule has 4 nitrogen and oxygen atoms in total. The van der Waals surface area contributed by atoms with Gasteiger partial charge in [0.05, 0.1) is 6.04 Å². The number of nitrogens with zero attached hydrogens (tertiary/aromatic N) is 2. The van der Waals surface area contributed by atoms with Crippen LogP contribution in [0.3, 0.4) is 0 Å². The van der Waals surface area contributed by atoms with Gasteiger partial charge in [-0.25, -0.2) is 4.98 Å². The van der Waals surface area contributed by atoms with E-state index in [-0.39, 0.29) is 12.6 Å². The molecule has 1 aromatic rings. The lowest BCUT2D eigenvalue weighted by molar-refractivity contribution is 0.260. The van der Waals surface area contributed by atoms with E-state index in [1.165, 1.54) is 0 Å². The molecule has 0 saturated heterocycles. The summed E-state index contributed by atoms with van der Waals surface area (Å²) >= 11 is 0. The predicted octanol–water partition coefficient (Wildman–Crippen LogP) is 1.23. The zero-order valence-corrected chi connectivity index (χ0v) is 9.77. The van der Waals surface area contributed by atoms with E-state index in [1.807, 2.05) is 24.0 Å². The van der Waals surface area contributed by atoms with Gasteiger partial charge in [-0.05, 0) is 19.8 Å². The predicted molar refractivity (Wildman–Crippen MR) is 60.5 cm³/mol. The Hall–Kier alpha value is -0.870. The summed E-state index contributed by atoms with van der Waals surface area (Å²) in [6.45, 7) is 4.45. The molecule has 2 N–H and O–H groups in total. The van der Waals surface area contributed by atoms with Gasteiger partial charge in [-0.3, -0.25) is 0 Å². The van der Waals surface area contributed by atoms with Crippen LogP contribution in [0.15, 0.2) is 12.4 Å². The molecule has 0 bridgehead atoms. The van der Waals surface area contributed by atoms with Crippen LogP contribution in [-0.4, -0.2) is 27.3 Å². The molecule has 0 aliphatic rings. The molecular weight excluding hydrogens is 190 g/mol. The van der Waals surface area contributed by atoms with E-state index in [0.717, 1.165) is 18.7 Å². The van der Waals surface area contributed by atoms with Gasteiger partial charge in [-0.1, -0.05) is 6.92 Å². The fourth-order valence-corrected chi connectivity index (χ4v) is 1.71.